The molecule has 3 aromatic rings. The average molecular weight is 337 g/mol. The van der Waals surface area contributed by atoms with Crippen LogP contribution in [0.5, 0.6) is 0 Å². The van der Waals surface area contributed by atoms with Gasteiger partial charge in [0.25, 0.3) is 0 Å². The van der Waals surface area contributed by atoms with Crippen LogP contribution in [0.25, 0.3) is 22.6 Å². The zero-order valence-corrected chi connectivity index (χ0v) is 13.7. The number of hydrogen-bond donors (Lipinski definition) is 1. The minimum atomic E-state index is -1.39. The summed E-state index contributed by atoms with van der Waals surface area (Å²) in [6, 6.07) is 6.98. The van der Waals surface area contributed by atoms with Gasteiger partial charge in [0.05, 0.1) is 6.61 Å². The fraction of sp³-hybridized carbons (Fsp3) is 0.222. The molecule has 0 radical (unpaired) electrons. The highest BCUT2D eigenvalue weighted by molar-refractivity contribution is 6.19. The predicted octanol–water partition coefficient (Wildman–Crippen LogP) is 2.66. The molecule has 126 valence electrons. The number of fused-ring (bicyclic) bond motifs is 2. The molecule has 1 aliphatic heterocycles. The zero-order chi connectivity index (χ0) is 17.6. The number of ether oxygens (including phenoxy) is 1. The van der Waals surface area contributed by atoms with Crippen molar-refractivity contribution in [3.63, 3.8) is 0 Å². The van der Waals surface area contributed by atoms with Crippen molar-refractivity contribution in [1.82, 2.24) is 9.97 Å². The molecule has 3 heterocycles. The number of nitrogens with one attached hydrogen (secondary N) is 1. The number of carbonyl (C=O) groups is 2. The minimum Gasteiger partial charge on any atom is -0.465 e. The maximum Gasteiger partial charge on any atom is 0.326 e. The maximum atomic E-state index is 12.4. The first kappa shape index (κ1) is 15.3. The van der Waals surface area contributed by atoms with E-state index < -0.39 is 17.3 Å². The molecule has 1 amide bonds. The summed E-state index contributed by atoms with van der Waals surface area (Å²) >= 11 is 0. The molecular weight excluding hydrogens is 322 g/mol. The highest BCUT2D eigenvalue weighted by atomic mass is 16.5. The second kappa shape index (κ2) is 5.41. The minimum absolute atomic E-state index is 0.204. The Morgan fingerprint density at radius 2 is 2.08 bits per heavy atom. The van der Waals surface area contributed by atoms with Crippen LogP contribution in [0.2, 0.25) is 0 Å². The van der Waals surface area contributed by atoms with Crippen molar-refractivity contribution >= 4 is 28.7 Å². The quantitative estimate of drug-likeness (QED) is 0.583. The van der Waals surface area contributed by atoms with E-state index in [4.69, 9.17) is 9.15 Å². The summed E-state index contributed by atoms with van der Waals surface area (Å²) in [6.07, 6.45) is 3.31. The molecule has 1 atom stereocenters. The van der Waals surface area contributed by atoms with Gasteiger partial charge >= 0.3 is 5.97 Å². The molecular formula is C18H15N3O4. The summed E-state index contributed by atoms with van der Waals surface area (Å²) < 4.78 is 10.9. The first-order valence-corrected chi connectivity index (χ1v) is 7.88. The Morgan fingerprint density at radius 1 is 1.32 bits per heavy atom. The molecule has 7 heteroatoms. The number of hydrogen-bond acceptors (Lipinski definition) is 6. The molecule has 7 nitrogen and oxygen atoms in total. The highest BCUT2D eigenvalue weighted by Gasteiger charge is 2.50. The van der Waals surface area contributed by atoms with Crippen molar-refractivity contribution in [2.24, 2.45) is 0 Å². The monoisotopic (exact) mass is 337 g/mol. The topological polar surface area (TPSA) is 94.3 Å². The standard InChI is InChI=1S/C18H15N3O4/c1-3-24-17(23)18(2)11-8-13-14(9-12(11)21-16(18)22)25-15(20-13)10-4-6-19-7-5-10/h4-9H,3H2,1-2H3,(H,21,22). The van der Waals surface area contributed by atoms with Crippen LogP contribution in [0, 0.1) is 0 Å². The lowest BCUT2D eigenvalue weighted by Gasteiger charge is -2.19. The van der Waals surface area contributed by atoms with Crippen molar-refractivity contribution in [1.29, 1.82) is 0 Å². The van der Waals surface area contributed by atoms with Gasteiger partial charge in [-0.25, -0.2) is 4.98 Å². The number of rotatable bonds is 3. The lowest BCUT2D eigenvalue weighted by atomic mass is 9.83. The molecule has 4 rings (SSSR count). The molecule has 0 aliphatic carbocycles. The number of esters is 1. The van der Waals surface area contributed by atoms with Gasteiger partial charge < -0.3 is 14.5 Å². The number of aromatic nitrogens is 2. The van der Waals surface area contributed by atoms with E-state index in [1.807, 2.05) is 0 Å². The van der Waals surface area contributed by atoms with Gasteiger partial charge in [-0.15, -0.1) is 0 Å². The molecule has 0 fully saturated rings. The molecule has 25 heavy (non-hydrogen) atoms. The van der Waals surface area contributed by atoms with Crippen LogP contribution >= 0.6 is 0 Å². The molecule has 0 saturated carbocycles. The summed E-state index contributed by atoms with van der Waals surface area (Å²) in [5.74, 6) is -0.545. The average Bonchev–Trinajstić information content (AvgIpc) is 3.14. The number of oxazole rings is 1. The Balaban J connectivity index is 1.85. The first-order chi connectivity index (χ1) is 12.0. The molecule has 1 aliphatic rings. The zero-order valence-electron chi connectivity index (χ0n) is 13.7. The Hall–Kier alpha value is -3.22. The van der Waals surface area contributed by atoms with Gasteiger partial charge in [-0.3, -0.25) is 14.6 Å². The smallest absolute Gasteiger partial charge is 0.326 e. The van der Waals surface area contributed by atoms with Crippen LogP contribution in [0.4, 0.5) is 5.69 Å². The molecule has 0 bridgehead atoms. The van der Waals surface area contributed by atoms with E-state index in [0.717, 1.165) is 5.56 Å². The van der Waals surface area contributed by atoms with Crippen molar-refractivity contribution in [2.75, 3.05) is 11.9 Å². The van der Waals surface area contributed by atoms with Crippen LogP contribution in [-0.2, 0) is 19.7 Å². The number of pyridine rings is 1. The third-order valence-corrected chi connectivity index (χ3v) is 4.38. The normalized spacial score (nSPS) is 18.9. The van der Waals surface area contributed by atoms with Crippen molar-refractivity contribution < 1.29 is 18.7 Å². The largest absolute Gasteiger partial charge is 0.465 e. The summed E-state index contributed by atoms with van der Waals surface area (Å²) in [6.45, 7) is 3.47. The third kappa shape index (κ3) is 2.20. The van der Waals surface area contributed by atoms with Crippen molar-refractivity contribution in [3.8, 4) is 11.5 Å². The van der Waals surface area contributed by atoms with Gasteiger partial charge in [-0.1, -0.05) is 0 Å². The Kier molecular flexibility index (Phi) is 3.31. The fourth-order valence-electron chi connectivity index (χ4n) is 2.96. The molecule has 0 spiro atoms. The molecule has 1 aromatic carbocycles. The first-order valence-electron chi connectivity index (χ1n) is 7.88. The second-order valence-electron chi connectivity index (χ2n) is 5.92. The lowest BCUT2D eigenvalue weighted by molar-refractivity contribution is -0.152. The summed E-state index contributed by atoms with van der Waals surface area (Å²) in [4.78, 5) is 33.2. The van der Waals surface area contributed by atoms with E-state index in [-0.39, 0.29) is 6.61 Å². The Morgan fingerprint density at radius 3 is 2.80 bits per heavy atom. The van der Waals surface area contributed by atoms with Gasteiger partial charge in [0.2, 0.25) is 11.8 Å². The number of anilines is 1. The predicted molar refractivity (Wildman–Crippen MR) is 89.9 cm³/mol. The van der Waals surface area contributed by atoms with E-state index in [9.17, 15) is 9.59 Å². The van der Waals surface area contributed by atoms with E-state index in [0.29, 0.717) is 28.2 Å². The molecule has 0 saturated heterocycles. The highest BCUT2D eigenvalue weighted by Crippen LogP contribution is 2.41. The van der Waals surface area contributed by atoms with Gasteiger partial charge in [0, 0.05) is 35.3 Å². The van der Waals surface area contributed by atoms with Gasteiger partial charge in [-0.05, 0) is 32.0 Å². The summed E-state index contributed by atoms with van der Waals surface area (Å²) in [7, 11) is 0. The number of benzene rings is 1. The van der Waals surface area contributed by atoms with E-state index in [1.54, 1.807) is 50.5 Å². The van der Waals surface area contributed by atoms with Crippen LogP contribution in [-0.4, -0.2) is 28.5 Å². The van der Waals surface area contributed by atoms with Gasteiger partial charge in [0.15, 0.2) is 11.0 Å². The van der Waals surface area contributed by atoms with Crippen LogP contribution in [0.1, 0.15) is 19.4 Å². The second-order valence-corrected chi connectivity index (χ2v) is 5.92. The Bertz CT molecular complexity index is 996. The van der Waals surface area contributed by atoms with Crippen LogP contribution in [0.3, 0.4) is 0 Å². The van der Waals surface area contributed by atoms with Crippen molar-refractivity contribution in [2.45, 2.75) is 19.3 Å². The molecule has 1 unspecified atom stereocenters. The van der Waals surface area contributed by atoms with Gasteiger partial charge in [-0.2, -0.15) is 0 Å². The molecule has 1 N–H and O–H groups in total. The Labute approximate surface area is 143 Å². The number of amides is 1. The summed E-state index contributed by atoms with van der Waals surface area (Å²) in [5, 5.41) is 2.73. The van der Waals surface area contributed by atoms with E-state index >= 15 is 0 Å². The van der Waals surface area contributed by atoms with Gasteiger partial charge in [0.1, 0.15) is 5.52 Å². The summed E-state index contributed by atoms with van der Waals surface area (Å²) in [5.41, 5.74) is 1.57. The SMILES string of the molecule is CCOC(=O)C1(C)C(=O)Nc2cc3oc(-c4ccncc4)nc3cc21. The number of carbonyl (C=O) groups excluding carboxylic acids is 2. The maximum absolute atomic E-state index is 12.4. The lowest BCUT2D eigenvalue weighted by Crippen LogP contribution is -2.40. The fourth-order valence-corrected chi connectivity index (χ4v) is 2.96. The molecule has 2 aromatic heterocycles. The van der Waals surface area contributed by atoms with Crippen molar-refractivity contribution in [3.05, 3.63) is 42.2 Å². The van der Waals surface area contributed by atoms with E-state index in [1.165, 1.54) is 0 Å². The third-order valence-electron chi connectivity index (χ3n) is 4.38. The van der Waals surface area contributed by atoms with E-state index in [2.05, 4.69) is 15.3 Å². The van der Waals surface area contributed by atoms with Crippen LogP contribution < -0.4 is 5.32 Å². The number of nitrogens with zero attached hydrogens (tertiary/aromatic N) is 2. The van der Waals surface area contributed by atoms with Crippen LogP contribution in [0.15, 0.2) is 41.1 Å².